The van der Waals surface area contributed by atoms with Crippen LogP contribution in [0.5, 0.6) is 0 Å². The summed E-state index contributed by atoms with van der Waals surface area (Å²) < 4.78 is 0. The van der Waals surface area contributed by atoms with Crippen LogP contribution in [0.4, 0.5) is 0 Å². The molecular weight excluding hydrogens is 236 g/mol. The van der Waals surface area contributed by atoms with Crippen molar-refractivity contribution in [3.05, 3.63) is 50.3 Å². The smallest absolute Gasteiger partial charge is 0.304 e. The lowest BCUT2D eigenvalue weighted by Crippen LogP contribution is -2.14. The van der Waals surface area contributed by atoms with Crippen LogP contribution in [0.1, 0.15) is 17.0 Å². The third-order valence-corrected chi connectivity index (χ3v) is 2.87. The molecule has 5 nitrogen and oxygen atoms in total. The predicted molar refractivity (Wildman–Crippen MR) is 64.4 cm³/mol. The number of nitrogens with one attached hydrogen (secondary N) is 2. The molecule has 2 rings (SSSR count). The van der Waals surface area contributed by atoms with Crippen molar-refractivity contribution in [3.8, 4) is 6.07 Å². The first-order valence-corrected chi connectivity index (χ1v) is 5.88. The van der Waals surface area contributed by atoms with Crippen molar-refractivity contribution >= 4 is 11.3 Å². The Labute approximate surface area is 102 Å². The molecule has 0 bridgehead atoms. The molecule has 0 saturated heterocycles. The lowest BCUT2D eigenvalue weighted by molar-refractivity contribution is 0.681. The van der Waals surface area contributed by atoms with Gasteiger partial charge in [0.05, 0.1) is 0 Å². The van der Waals surface area contributed by atoms with E-state index in [0.29, 0.717) is 18.8 Å². The van der Waals surface area contributed by atoms with Gasteiger partial charge in [-0.15, -0.1) is 0 Å². The van der Waals surface area contributed by atoms with Crippen molar-refractivity contribution in [2.75, 3.05) is 0 Å². The first-order valence-electron chi connectivity index (χ1n) is 5.00. The van der Waals surface area contributed by atoms with Crippen LogP contribution in [-0.2, 0) is 13.1 Å². The zero-order valence-electron chi connectivity index (χ0n) is 8.93. The molecule has 0 aliphatic heterocycles. The minimum atomic E-state index is -0.0440. The lowest BCUT2D eigenvalue weighted by Gasteiger charge is -2.03. The van der Waals surface area contributed by atoms with Gasteiger partial charge in [-0.25, -0.2) is 4.98 Å². The minimum absolute atomic E-state index is 0.0440. The summed E-state index contributed by atoms with van der Waals surface area (Å²) in [5, 5.41) is 13.7. The Morgan fingerprint density at radius 2 is 2.41 bits per heavy atom. The maximum Gasteiger partial charge on any atom is 0.304 e. The summed E-state index contributed by atoms with van der Waals surface area (Å²) in [5.41, 5.74) is 2.27. The Morgan fingerprint density at radius 1 is 1.53 bits per heavy atom. The topological polar surface area (TPSA) is 81.6 Å². The maximum atomic E-state index is 10.9. The molecule has 6 heteroatoms. The fraction of sp³-hybridized carbons (Fsp3) is 0.182. The van der Waals surface area contributed by atoms with E-state index in [1.54, 1.807) is 17.6 Å². The average molecular weight is 246 g/mol. The van der Waals surface area contributed by atoms with Gasteiger partial charge in [-0.2, -0.15) is 5.26 Å². The number of thiazole rings is 1. The third kappa shape index (κ3) is 3.24. The summed E-state index contributed by atoms with van der Waals surface area (Å²) >= 11 is 1.15. The highest BCUT2D eigenvalue weighted by atomic mass is 32.1. The summed E-state index contributed by atoms with van der Waals surface area (Å²) in [7, 11) is 0. The van der Waals surface area contributed by atoms with Crippen molar-refractivity contribution in [1.82, 2.24) is 15.3 Å². The molecule has 2 aromatic heterocycles. The fourth-order valence-electron chi connectivity index (χ4n) is 1.39. The Morgan fingerprint density at radius 3 is 3.12 bits per heavy atom. The largest absolute Gasteiger partial charge is 0.315 e. The van der Waals surface area contributed by atoms with E-state index in [0.717, 1.165) is 22.6 Å². The second kappa shape index (κ2) is 5.39. The molecule has 2 aromatic rings. The number of aromatic amines is 1. The van der Waals surface area contributed by atoms with E-state index in [9.17, 15) is 4.79 Å². The molecule has 17 heavy (non-hydrogen) atoms. The van der Waals surface area contributed by atoms with E-state index in [-0.39, 0.29) is 4.87 Å². The zero-order chi connectivity index (χ0) is 12.1. The van der Waals surface area contributed by atoms with Crippen molar-refractivity contribution in [3.63, 3.8) is 0 Å². The Balaban J connectivity index is 1.90. The van der Waals surface area contributed by atoms with Gasteiger partial charge in [0.1, 0.15) is 11.8 Å². The Bertz CT molecular complexity index is 596. The lowest BCUT2D eigenvalue weighted by atomic mass is 10.2. The minimum Gasteiger partial charge on any atom is -0.315 e. The first-order chi connectivity index (χ1) is 8.28. The second-order valence-corrected chi connectivity index (χ2v) is 4.28. The number of pyridine rings is 1. The molecule has 0 aliphatic carbocycles. The SMILES string of the molecule is N#Cc1cc(CNCc2csc(=O)[nH]2)ccn1. The van der Waals surface area contributed by atoms with Crippen LogP contribution < -0.4 is 10.2 Å². The monoisotopic (exact) mass is 246 g/mol. The molecule has 2 heterocycles. The molecule has 86 valence electrons. The number of hydrogen-bond donors (Lipinski definition) is 2. The van der Waals surface area contributed by atoms with Gasteiger partial charge >= 0.3 is 4.87 Å². The highest BCUT2D eigenvalue weighted by Crippen LogP contribution is 2.01. The molecule has 0 atom stereocenters. The summed E-state index contributed by atoms with van der Waals surface area (Å²) in [6.07, 6.45) is 1.61. The van der Waals surface area contributed by atoms with Gasteiger partial charge in [0.2, 0.25) is 0 Å². The highest BCUT2D eigenvalue weighted by molar-refractivity contribution is 7.07. The van der Waals surface area contributed by atoms with Gasteiger partial charge in [-0.3, -0.25) is 4.79 Å². The van der Waals surface area contributed by atoms with Crippen LogP contribution in [0.3, 0.4) is 0 Å². The number of H-pyrrole nitrogens is 1. The molecule has 0 radical (unpaired) electrons. The number of aromatic nitrogens is 2. The molecular formula is C11H10N4OS. The number of nitriles is 1. The summed E-state index contributed by atoms with van der Waals surface area (Å²) in [5.74, 6) is 0. The standard InChI is InChI=1S/C11H10N4OS/c12-4-9-3-8(1-2-14-9)5-13-6-10-7-17-11(16)15-10/h1-3,7,13H,5-6H2,(H,15,16). The third-order valence-electron chi connectivity index (χ3n) is 2.15. The number of nitrogens with zero attached hydrogens (tertiary/aromatic N) is 2. The van der Waals surface area contributed by atoms with E-state index < -0.39 is 0 Å². The fourth-order valence-corrected chi connectivity index (χ4v) is 1.97. The van der Waals surface area contributed by atoms with Crippen LogP contribution in [-0.4, -0.2) is 9.97 Å². The van der Waals surface area contributed by atoms with E-state index in [4.69, 9.17) is 5.26 Å². The highest BCUT2D eigenvalue weighted by Gasteiger charge is 1.98. The van der Waals surface area contributed by atoms with Crippen LogP contribution in [0, 0.1) is 11.3 Å². The van der Waals surface area contributed by atoms with E-state index in [1.807, 2.05) is 12.1 Å². The first kappa shape index (κ1) is 11.5. The number of rotatable bonds is 4. The van der Waals surface area contributed by atoms with E-state index >= 15 is 0 Å². The van der Waals surface area contributed by atoms with Gasteiger partial charge in [0.15, 0.2) is 0 Å². The summed E-state index contributed by atoms with van der Waals surface area (Å²) in [6.45, 7) is 1.23. The van der Waals surface area contributed by atoms with Crippen molar-refractivity contribution in [1.29, 1.82) is 5.26 Å². The zero-order valence-corrected chi connectivity index (χ0v) is 9.75. The Kier molecular flexibility index (Phi) is 3.65. The summed E-state index contributed by atoms with van der Waals surface area (Å²) in [6, 6.07) is 5.58. The molecule has 2 N–H and O–H groups in total. The van der Waals surface area contributed by atoms with Gasteiger partial charge in [0, 0.05) is 30.4 Å². The van der Waals surface area contributed by atoms with Crippen LogP contribution in [0.2, 0.25) is 0 Å². The van der Waals surface area contributed by atoms with Crippen LogP contribution in [0.15, 0.2) is 28.5 Å². The number of hydrogen-bond acceptors (Lipinski definition) is 5. The molecule has 0 aromatic carbocycles. The normalized spacial score (nSPS) is 10.1. The van der Waals surface area contributed by atoms with Gasteiger partial charge in [-0.05, 0) is 17.7 Å². The molecule has 0 saturated carbocycles. The average Bonchev–Trinajstić information content (AvgIpc) is 2.75. The van der Waals surface area contributed by atoms with Crippen LogP contribution >= 0.6 is 11.3 Å². The van der Waals surface area contributed by atoms with Crippen molar-refractivity contribution in [2.45, 2.75) is 13.1 Å². The van der Waals surface area contributed by atoms with Gasteiger partial charge in [-0.1, -0.05) is 11.3 Å². The van der Waals surface area contributed by atoms with Crippen molar-refractivity contribution < 1.29 is 0 Å². The van der Waals surface area contributed by atoms with E-state index in [1.165, 1.54) is 0 Å². The summed E-state index contributed by atoms with van der Waals surface area (Å²) in [4.78, 5) is 17.5. The molecule has 0 fully saturated rings. The Hall–Kier alpha value is -1.97. The van der Waals surface area contributed by atoms with Crippen LogP contribution in [0.25, 0.3) is 0 Å². The molecule has 0 spiro atoms. The molecule has 0 unspecified atom stereocenters. The second-order valence-electron chi connectivity index (χ2n) is 3.44. The maximum absolute atomic E-state index is 10.9. The van der Waals surface area contributed by atoms with E-state index in [2.05, 4.69) is 15.3 Å². The quantitative estimate of drug-likeness (QED) is 0.843. The van der Waals surface area contributed by atoms with Crippen molar-refractivity contribution in [2.24, 2.45) is 0 Å². The predicted octanol–water partition coefficient (Wildman–Crippen LogP) is 0.993. The molecule has 0 amide bonds. The molecule has 0 aliphatic rings. The van der Waals surface area contributed by atoms with Gasteiger partial charge in [0.25, 0.3) is 0 Å². The van der Waals surface area contributed by atoms with Gasteiger partial charge < -0.3 is 10.3 Å².